The summed E-state index contributed by atoms with van der Waals surface area (Å²) in [5, 5.41) is 13.7. The molecule has 4 N–H and O–H groups in total. The quantitative estimate of drug-likeness (QED) is 0.782. The number of nitriles is 1. The second-order valence-electron chi connectivity index (χ2n) is 3.52. The summed E-state index contributed by atoms with van der Waals surface area (Å²) in [6.07, 6.45) is 0. The molecular formula is C11H11BrN4O2. The van der Waals surface area contributed by atoms with E-state index in [0.29, 0.717) is 11.3 Å². The molecule has 1 aromatic rings. The molecule has 0 spiro atoms. The summed E-state index contributed by atoms with van der Waals surface area (Å²) in [6, 6.07) is 5.43. The van der Waals surface area contributed by atoms with Crippen molar-refractivity contribution in [3.63, 3.8) is 0 Å². The summed E-state index contributed by atoms with van der Waals surface area (Å²) >= 11 is 3.25. The molecule has 6 nitrogen and oxygen atoms in total. The molecule has 0 aliphatic carbocycles. The van der Waals surface area contributed by atoms with E-state index in [1.165, 1.54) is 0 Å². The monoisotopic (exact) mass is 310 g/mol. The lowest BCUT2D eigenvalue weighted by Gasteiger charge is -2.15. The summed E-state index contributed by atoms with van der Waals surface area (Å²) in [5.74, 6) is -0.561. The van der Waals surface area contributed by atoms with E-state index >= 15 is 0 Å². The summed E-state index contributed by atoms with van der Waals surface area (Å²) in [6.45, 7) is 1.56. The lowest BCUT2D eigenvalue weighted by atomic mass is 10.1. The fraction of sp³-hybridized carbons (Fsp3) is 0.182. The summed E-state index contributed by atoms with van der Waals surface area (Å²) in [7, 11) is 0. The number of nitrogens with two attached hydrogens (primary N) is 1. The first-order valence-electron chi connectivity index (χ1n) is 5.00. The normalized spacial score (nSPS) is 11.2. The van der Waals surface area contributed by atoms with Gasteiger partial charge in [0.05, 0.1) is 11.3 Å². The first-order chi connectivity index (χ1) is 8.43. The standard InChI is InChI=1S/C11H11BrN4O2/c1-6(10(17)16-11(14)18)15-9-3-2-8(12)4-7(9)5-13/h2-4,6,15H,1H3,(H3,14,16,17,18). The van der Waals surface area contributed by atoms with Crippen molar-refractivity contribution in [3.8, 4) is 6.07 Å². The number of benzene rings is 1. The average Bonchev–Trinajstić information content (AvgIpc) is 2.30. The highest BCUT2D eigenvalue weighted by atomic mass is 79.9. The predicted molar refractivity (Wildman–Crippen MR) is 69.7 cm³/mol. The summed E-state index contributed by atoms with van der Waals surface area (Å²) in [4.78, 5) is 22.0. The molecule has 0 aliphatic heterocycles. The third-order valence-electron chi connectivity index (χ3n) is 2.11. The van der Waals surface area contributed by atoms with Gasteiger partial charge >= 0.3 is 6.03 Å². The van der Waals surface area contributed by atoms with Crippen LogP contribution in [-0.2, 0) is 4.79 Å². The molecule has 1 aromatic carbocycles. The van der Waals surface area contributed by atoms with Crippen molar-refractivity contribution >= 4 is 33.6 Å². The number of carbonyl (C=O) groups excluding carboxylic acids is 2. The highest BCUT2D eigenvalue weighted by Crippen LogP contribution is 2.20. The lowest BCUT2D eigenvalue weighted by molar-refractivity contribution is -0.120. The Morgan fingerprint density at radius 2 is 2.17 bits per heavy atom. The number of carbonyl (C=O) groups is 2. The van der Waals surface area contributed by atoms with Gasteiger partial charge in [0.25, 0.3) is 0 Å². The van der Waals surface area contributed by atoms with Gasteiger partial charge < -0.3 is 11.1 Å². The number of imide groups is 1. The number of nitrogens with one attached hydrogen (secondary N) is 2. The number of rotatable bonds is 3. The topological polar surface area (TPSA) is 108 Å². The molecule has 1 rings (SSSR count). The molecule has 18 heavy (non-hydrogen) atoms. The van der Waals surface area contributed by atoms with Crippen LogP contribution in [0.2, 0.25) is 0 Å². The molecule has 0 aromatic heterocycles. The Labute approximate surface area is 112 Å². The predicted octanol–water partition coefficient (Wildman–Crippen LogP) is 1.32. The minimum atomic E-state index is -0.912. The third kappa shape index (κ3) is 3.75. The van der Waals surface area contributed by atoms with E-state index < -0.39 is 18.0 Å². The van der Waals surface area contributed by atoms with Crippen molar-refractivity contribution in [1.29, 1.82) is 5.26 Å². The van der Waals surface area contributed by atoms with Crippen LogP contribution < -0.4 is 16.4 Å². The van der Waals surface area contributed by atoms with Crippen LogP contribution in [-0.4, -0.2) is 18.0 Å². The molecule has 0 bridgehead atoms. The minimum Gasteiger partial charge on any atom is -0.373 e. The van der Waals surface area contributed by atoms with E-state index in [9.17, 15) is 9.59 Å². The van der Waals surface area contributed by atoms with Crippen molar-refractivity contribution in [2.45, 2.75) is 13.0 Å². The van der Waals surface area contributed by atoms with Gasteiger partial charge in [-0.2, -0.15) is 5.26 Å². The van der Waals surface area contributed by atoms with Gasteiger partial charge in [-0.15, -0.1) is 0 Å². The number of hydrogen-bond acceptors (Lipinski definition) is 4. The Balaban J connectivity index is 2.82. The fourth-order valence-corrected chi connectivity index (χ4v) is 1.62. The van der Waals surface area contributed by atoms with Gasteiger partial charge in [0.2, 0.25) is 5.91 Å². The molecule has 0 aliphatic rings. The highest BCUT2D eigenvalue weighted by Gasteiger charge is 2.15. The van der Waals surface area contributed by atoms with Gasteiger partial charge in [-0.25, -0.2) is 4.79 Å². The molecule has 1 atom stereocenters. The summed E-state index contributed by atoms with van der Waals surface area (Å²) < 4.78 is 0.763. The number of primary amides is 1. The Kier molecular flexibility index (Phi) is 4.68. The van der Waals surface area contributed by atoms with Gasteiger partial charge in [-0.05, 0) is 25.1 Å². The zero-order valence-electron chi connectivity index (χ0n) is 9.53. The first-order valence-corrected chi connectivity index (χ1v) is 5.80. The molecule has 3 amide bonds. The van der Waals surface area contributed by atoms with Crippen LogP contribution in [0.1, 0.15) is 12.5 Å². The molecule has 0 saturated heterocycles. The number of hydrogen-bond donors (Lipinski definition) is 3. The molecule has 7 heteroatoms. The van der Waals surface area contributed by atoms with E-state index in [4.69, 9.17) is 11.0 Å². The molecular weight excluding hydrogens is 300 g/mol. The molecule has 0 heterocycles. The molecule has 94 valence electrons. The van der Waals surface area contributed by atoms with Gasteiger partial charge in [-0.3, -0.25) is 10.1 Å². The van der Waals surface area contributed by atoms with Gasteiger partial charge in [0.1, 0.15) is 12.1 Å². The number of nitrogens with zero attached hydrogens (tertiary/aromatic N) is 1. The lowest BCUT2D eigenvalue weighted by Crippen LogP contribution is -2.43. The van der Waals surface area contributed by atoms with Gasteiger partial charge in [-0.1, -0.05) is 15.9 Å². The van der Waals surface area contributed by atoms with Crippen LogP contribution in [0.15, 0.2) is 22.7 Å². The highest BCUT2D eigenvalue weighted by molar-refractivity contribution is 9.10. The van der Waals surface area contributed by atoms with Crippen LogP contribution in [0, 0.1) is 11.3 Å². The average molecular weight is 311 g/mol. The van der Waals surface area contributed by atoms with E-state index in [2.05, 4.69) is 21.2 Å². The molecule has 0 radical (unpaired) electrons. The zero-order valence-corrected chi connectivity index (χ0v) is 11.1. The maximum atomic E-state index is 11.5. The molecule has 0 fully saturated rings. The minimum absolute atomic E-state index is 0.392. The Hall–Kier alpha value is -2.07. The van der Waals surface area contributed by atoms with Gasteiger partial charge in [0.15, 0.2) is 0 Å². The van der Waals surface area contributed by atoms with E-state index in [-0.39, 0.29) is 0 Å². The number of urea groups is 1. The second kappa shape index (κ2) is 6.02. The van der Waals surface area contributed by atoms with Crippen molar-refractivity contribution in [2.75, 3.05) is 5.32 Å². The van der Waals surface area contributed by atoms with Crippen LogP contribution >= 0.6 is 15.9 Å². The van der Waals surface area contributed by atoms with E-state index in [0.717, 1.165) is 4.47 Å². The summed E-state index contributed by atoms with van der Waals surface area (Å²) in [5.41, 5.74) is 5.74. The van der Waals surface area contributed by atoms with Crippen molar-refractivity contribution in [3.05, 3.63) is 28.2 Å². The maximum Gasteiger partial charge on any atom is 0.318 e. The number of amides is 3. The maximum absolute atomic E-state index is 11.5. The van der Waals surface area contributed by atoms with Crippen molar-refractivity contribution in [2.24, 2.45) is 5.73 Å². The van der Waals surface area contributed by atoms with E-state index in [1.807, 2.05) is 11.4 Å². The molecule has 0 saturated carbocycles. The Morgan fingerprint density at radius 3 is 2.72 bits per heavy atom. The Bertz CT molecular complexity index is 524. The number of halogens is 1. The van der Waals surface area contributed by atoms with Crippen LogP contribution in [0.5, 0.6) is 0 Å². The SMILES string of the molecule is CC(Nc1ccc(Br)cc1C#N)C(=O)NC(N)=O. The first kappa shape index (κ1) is 14.0. The van der Waals surface area contributed by atoms with E-state index in [1.54, 1.807) is 25.1 Å². The van der Waals surface area contributed by atoms with Gasteiger partial charge in [0, 0.05) is 4.47 Å². The van der Waals surface area contributed by atoms with Crippen LogP contribution in [0.3, 0.4) is 0 Å². The fourth-order valence-electron chi connectivity index (χ4n) is 1.26. The van der Waals surface area contributed by atoms with Crippen molar-refractivity contribution < 1.29 is 9.59 Å². The third-order valence-corrected chi connectivity index (χ3v) is 2.61. The second-order valence-corrected chi connectivity index (χ2v) is 4.44. The number of anilines is 1. The van der Waals surface area contributed by atoms with Crippen LogP contribution in [0.25, 0.3) is 0 Å². The van der Waals surface area contributed by atoms with Crippen molar-refractivity contribution in [1.82, 2.24) is 5.32 Å². The Morgan fingerprint density at radius 1 is 1.50 bits per heavy atom. The molecule has 1 unspecified atom stereocenters. The smallest absolute Gasteiger partial charge is 0.318 e. The zero-order chi connectivity index (χ0) is 13.7. The van der Waals surface area contributed by atoms with Crippen LogP contribution in [0.4, 0.5) is 10.5 Å². The largest absolute Gasteiger partial charge is 0.373 e.